The van der Waals surface area contributed by atoms with Crippen molar-refractivity contribution in [3.63, 3.8) is 0 Å². The third-order valence-corrected chi connectivity index (χ3v) is 2.54. The fraction of sp³-hybridized carbons (Fsp3) is 0.273. The monoisotopic (exact) mass is 221 g/mol. The van der Waals surface area contributed by atoms with Crippen LogP contribution in [0.15, 0.2) is 29.4 Å². The molecule has 5 heteroatoms. The summed E-state index contributed by atoms with van der Waals surface area (Å²) in [6.07, 6.45) is 0.158. The highest BCUT2D eigenvalue weighted by molar-refractivity contribution is 6.03. The minimum absolute atomic E-state index is 0.130. The Labute approximate surface area is 92.5 Å². The zero-order chi connectivity index (χ0) is 11.7. The molecule has 1 aliphatic heterocycles. The second kappa shape index (κ2) is 3.92. The smallest absolute Gasteiger partial charge is 0.250 e. The molecule has 2 N–H and O–H groups in total. The molecule has 4 nitrogen and oxygen atoms in total. The summed E-state index contributed by atoms with van der Waals surface area (Å²) in [7, 11) is 0. The quantitative estimate of drug-likeness (QED) is 0.820. The summed E-state index contributed by atoms with van der Waals surface area (Å²) in [5.41, 5.74) is 6.31. The molecule has 0 saturated carbocycles. The van der Waals surface area contributed by atoms with Crippen LogP contribution in [0.2, 0.25) is 0 Å². The molecule has 0 radical (unpaired) electrons. The standard InChI is InChI=1S/C11H12FN3O/c1-7(8-2-4-9(12)5-3-8)15-11(16)6-10(13)14-15/h2-5,7H,6H2,1H3,(H2,13,14). The Balaban J connectivity index is 2.22. The lowest BCUT2D eigenvalue weighted by molar-refractivity contribution is -0.130. The molecule has 1 atom stereocenters. The van der Waals surface area contributed by atoms with Crippen molar-refractivity contribution in [3.05, 3.63) is 35.6 Å². The number of rotatable bonds is 2. The highest BCUT2D eigenvalue weighted by atomic mass is 19.1. The van der Waals surface area contributed by atoms with E-state index in [1.54, 1.807) is 12.1 Å². The van der Waals surface area contributed by atoms with E-state index >= 15 is 0 Å². The van der Waals surface area contributed by atoms with E-state index in [2.05, 4.69) is 5.10 Å². The topological polar surface area (TPSA) is 58.7 Å². The Morgan fingerprint density at radius 1 is 1.44 bits per heavy atom. The average Bonchev–Trinajstić information content (AvgIpc) is 2.58. The van der Waals surface area contributed by atoms with Gasteiger partial charge < -0.3 is 5.73 Å². The third-order valence-electron chi connectivity index (χ3n) is 2.54. The van der Waals surface area contributed by atoms with Crippen LogP contribution in [-0.4, -0.2) is 16.8 Å². The van der Waals surface area contributed by atoms with Crippen LogP contribution in [0.1, 0.15) is 24.9 Å². The van der Waals surface area contributed by atoms with Gasteiger partial charge in [0, 0.05) is 0 Å². The van der Waals surface area contributed by atoms with Gasteiger partial charge in [-0.1, -0.05) is 12.1 Å². The number of hydrogen-bond donors (Lipinski definition) is 1. The molecular formula is C11H12FN3O. The van der Waals surface area contributed by atoms with Gasteiger partial charge in [0.25, 0.3) is 5.91 Å². The van der Waals surface area contributed by atoms with E-state index in [1.165, 1.54) is 17.1 Å². The van der Waals surface area contributed by atoms with E-state index in [-0.39, 0.29) is 24.2 Å². The SMILES string of the molecule is CC(c1ccc(F)cc1)N1N=C(N)CC1=O. The number of nitrogens with zero attached hydrogens (tertiary/aromatic N) is 2. The number of nitrogens with two attached hydrogens (primary N) is 1. The highest BCUT2D eigenvalue weighted by Gasteiger charge is 2.27. The van der Waals surface area contributed by atoms with Gasteiger partial charge in [-0.25, -0.2) is 9.40 Å². The van der Waals surface area contributed by atoms with E-state index in [1.807, 2.05) is 6.92 Å². The molecule has 1 aromatic carbocycles. The van der Waals surface area contributed by atoms with Gasteiger partial charge in [0.05, 0.1) is 12.5 Å². The highest BCUT2D eigenvalue weighted by Crippen LogP contribution is 2.24. The number of amides is 1. The molecular weight excluding hydrogens is 209 g/mol. The van der Waals surface area contributed by atoms with Crippen molar-refractivity contribution in [2.75, 3.05) is 0 Å². The van der Waals surface area contributed by atoms with Gasteiger partial charge in [-0.3, -0.25) is 4.79 Å². The normalized spacial score (nSPS) is 17.5. The number of hydrogen-bond acceptors (Lipinski definition) is 3. The molecule has 1 amide bonds. The van der Waals surface area contributed by atoms with Crippen LogP contribution in [-0.2, 0) is 4.79 Å². The number of amidine groups is 1. The lowest BCUT2D eigenvalue weighted by atomic mass is 10.1. The molecule has 0 bridgehead atoms. The van der Waals surface area contributed by atoms with Crippen molar-refractivity contribution in [2.24, 2.45) is 10.8 Å². The lowest BCUT2D eigenvalue weighted by Crippen LogP contribution is -2.24. The van der Waals surface area contributed by atoms with Crippen molar-refractivity contribution < 1.29 is 9.18 Å². The maximum atomic E-state index is 12.7. The summed E-state index contributed by atoms with van der Waals surface area (Å²) in [5, 5.41) is 5.29. The van der Waals surface area contributed by atoms with Crippen LogP contribution >= 0.6 is 0 Å². The summed E-state index contributed by atoms with van der Waals surface area (Å²) in [6.45, 7) is 1.83. The van der Waals surface area contributed by atoms with Crippen LogP contribution in [0, 0.1) is 5.82 Å². The lowest BCUT2D eigenvalue weighted by Gasteiger charge is -2.20. The first kappa shape index (κ1) is 10.6. The van der Waals surface area contributed by atoms with Gasteiger partial charge in [-0.05, 0) is 24.6 Å². The molecule has 0 saturated heterocycles. The minimum atomic E-state index is -0.299. The van der Waals surface area contributed by atoms with Gasteiger partial charge in [0.15, 0.2) is 0 Å². The summed E-state index contributed by atoms with van der Waals surface area (Å²) in [5.74, 6) is -0.111. The second-order valence-corrected chi connectivity index (χ2v) is 3.73. The predicted octanol–water partition coefficient (Wildman–Crippen LogP) is 1.39. The van der Waals surface area contributed by atoms with Gasteiger partial charge in [0.1, 0.15) is 11.7 Å². The van der Waals surface area contributed by atoms with Crippen LogP contribution in [0.5, 0.6) is 0 Å². The minimum Gasteiger partial charge on any atom is -0.385 e. The molecule has 1 aromatic rings. The zero-order valence-electron chi connectivity index (χ0n) is 8.85. The second-order valence-electron chi connectivity index (χ2n) is 3.73. The summed E-state index contributed by atoms with van der Waals surface area (Å²) < 4.78 is 12.7. The van der Waals surface area contributed by atoms with Crippen molar-refractivity contribution in [1.82, 2.24) is 5.01 Å². The summed E-state index contributed by atoms with van der Waals surface area (Å²) in [6, 6.07) is 5.77. The van der Waals surface area contributed by atoms with Crippen molar-refractivity contribution >= 4 is 11.7 Å². The molecule has 0 fully saturated rings. The van der Waals surface area contributed by atoms with E-state index in [4.69, 9.17) is 5.73 Å². The zero-order valence-corrected chi connectivity index (χ0v) is 8.85. The van der Waals surface area contributed by atoms with Gasteiger partial charge in [-0.2, -0.15) is 5.10 Å². The van der Waals surface area contributed by atoms with Gasteiger partial charge in [-0.15, -0.1) is 0 Å². The summed E-state index contributed by atoms with van der Waals surface area (Å²) in [4.78, 5) is 11.5. The van der Waals surface area contributed by atoms with E-state index in [9.17, 15) is 9.18 Å². The average molecular weight is 221 g/mol. The maximum absolute atomic E-state index is 12.7. The van der Waals surface area contributed by atoms with Crippen LogP contribution in [0.4, 0.5) is 4.39 Å². The van der Waals surface area contributed by atoms with Gasteiger partial charge >= 0.3 is 0 Å². The molecule has 1 unspecified atom stereocenters. The molecule has 0 spiro atoms. The van der Waals surface area contributed by atoms with Crippen molar-refractivity contribution in [1.29, 1.82) is 0 Å². The van der Waals surface area contributed by atoms with Crippen molar-refractivity contribution in [2.45, 2.75) is 19.4 Å². The Hall–Kier alpha value is -1.91. The molecule has 1 aliphatic rings. The third kappa shape index (κ3) is 1.88. The number of halogens is 1. The fourth-order valence-electron chi connectivity index (χ4n) is 1.65. The van der Waals surface area contributed by atoms with Crippen LogP contribution in [0.3, 0.4) is 0 Å². The molecule has 84 valence electrons. The summed E-state index contributed by atoms with van der Waals surface area (Å²) >= 11 is 0. The van der Waals surface area contributed by atoms with Gasteiger partial charge in [0.2, 0.25) is 0 Å². The largest absolute Gasteiger partial charge is 0.385 e. The number of benzene rings is 1. The van der Waals surface area contributed by atoms with Crippen molar-refractivity contribution in [3.8, 4) is 0 Å². The Kier molecular flexibility index (Phi) is 2.60. The Morgan fingerprint density at radius 3 is 2.56 bits per heavy atom. The first-order chi connectivity index (χ1) is 7.58. The molecule has 1 heterocycles. The van der Waals surface area contributed by atoms with E-state index < -0.39 is 0 Å². The number of hydrazone groups is 1. The number of carbonyl (C=O) groups excluding carboxylic acids is 1. The van der Waals surface area contributed by atoms with E-state index in [0.717, 1.165) is 5.56 Å². The predicted molar refractivity (Wildman–Crippen MR) is 57.9 cm³/mol. The molecule has 0 aromatic heterocycles. The van der Waals surface area contributed by atoms with Crippen LogP contribution in [0.25, 0.3) is 0 Å². The Bertz CT molecular complexity index is 441. The fourth-order valence-corrected chi connectivity index (χ4v) is 1.65. The first-order valence-corrected chi connectivity index (χ1v) is 4.98. The number of carbonyl (C=O) groups is 1. The van der Waals surface area contributed by atoms with Crippen LogP contribution < -0.4 is 5.73 Å². The Morgan fingerprint density at radius 2 is 2.06 bits per heavy atom. The first-order valence-electron chi connectivity index (χ1n) is 4.98. The maximum Gasteiger partial charge on any atom is 0.250 e. The molecule has 2 rings (SSSR count). The van der Waals surface area contributed by atoms with E-state index in [0.29, 0.717) is 5.84 Å². The molecule has 0 aliphatic carbocycles. The molecule has 16 heavy (non-hydrogen) atoms.